The van der Waals surface area contributed by atoms with E-state index in [9.17, 15) is 0 Å². The first-order valence-electron chi connectivity index (χ1n) is 17.4. The molecule has 4 nitrogen and oxygen atoms in total. The number of aromatic nitrogens is 3. The van der Waals surface area contributed by atoms with E-state index in [-0.39, 0.29) is 0 Å². The average Bonchev–Trinajstić information content (AvgIpc) is 3.79. The summed E-state index contributed by atoms with van der Waals surface area (Å²) in [6.07, 6.45) is 0. The molecule has 5 heteroatoms. The number of nitrogens with zero attached hydrogens (tertiary/aromatic N) is 3. The number of fused-ring (bicyclic) bond motifs is 9. The number of furan rings is 1. The largest absolute Gasteiger partial charge is 0.456 e. The Labute approximate surface area is 302 Å². The summed E-state index contributed by atoms with van der Waals surface area (Å²) in [6.45, 7) is 0. The number of hydrogen-bond donors (Lipinski definition) is 0. The molecule has 0 radical (unpaired) electrons. The highest BCUT2D eigenvalue weighted by Gasteiger charge is 2.20. The van der Waals surface area contributed by atoms with Crippen molar-refractivity contribution in [2.75, 3.05) is 0 Å². The van der Waals surface area contributed by atoms with Gasteiger partial charge < -0.3 is 4.42 Å². The van der Waals surface area contributed by atoms with Crippen molar-refractivity contribution in [3.8, 4) is 45.3 Å². The second-order valence-corrected chi connectivity index (χ2v) is 14.2. The fourth-order valence-electron chi connectivity index (χ4n) is 7.71. The molecular weight excluding hydrogens is 655 g/mol. The van der Waals surface area contributed by atoms with E-state index >= 15 is 0 Å². The average molecular weight is 682 g/mol. The SMILES string of the molecule is c1ccc(-c2nc(-c3ccc4c(c3)oc3ccccc34)nc(-c3ccc(-c4cccc5c4sc4ccccc45)c4ccc5ccccc5c34)n2)cc1. The first-order valence-corrected chi connectivity index (χ1v) is 18.2. The lowest BCUT2D eigenvalue weighted by Gasteiger charge is -2.15. The van der Waals surface area contributed by atoms with Gasteiger partial charge in [0.2, 0.25) is 0 Å². The maximum absolute atomic E-state index is 6.28. The fourth-order valence-corrected chi connectivity index (χ4v) is 8.94. The van der Waals surface area contributed by atoms with Crippen LogP contribution in [0.4, 0.5) is 0 Å². The zero-order valence-electron chi connectivity index (χ0n) is 27.7. The van der Waals surface area contributed by atoms with Gasteiger partial charge in [0.15, 0.2) is 17.5 Å². The van der Waals surface area contributed by atoms with E-state index in [1.54, 1.807) is 0 Å². The van der Waals surface area contributed by atoms with E-state index in [1.807, 2.05) is 65.9 Å². The van der Waals surface area contributed by atoms with Crippen LogP contribution in [0.15, 0.2) is 168 Å². The number of hydrogen-bond acceptors (Lipinski definition) is 5. The van der Waals surface area contributed by atoms with E-state index < -0.39 is 0 Å². The first kappa shape index (κ1) is 29.1. The highest BCUT2D eigenvalue weighted by molar-refractivity contribution is 7.26. The molecule has 52 heavy (non-hydrogen) atoms. The van der Waals surface area contributed by atoms with Crippen LogP contribution >= 0.6 is 11.3 Å². The summed E-state index contributed by atoms with van der Waals surface area (Å²) < 4.78 is 8.87. The summed E-state index contributed by atoms with van der Waals surface area (Å²) in [5.74, 6) is 1.85. The quantitative estimate of drug-likeness (QED) is 0.174. The van der Waals surface area contributed by atoms with Crippen LogP contribution in [0.1, 0.15) is 0 Å². The van der Waals surface area contributed by atoms with Crippen molar-refractivity contribution in [1.29, 1.82) is 0 Å². The van der Waals surface area contributed by atoms with E-state index in [4.69, 9.17) is 19.4 Å². The number of para-hydroxylation sites is 1. The van der Waals surface area contributed by atoms with Crippen molar-refractivity contribution < 1.29 is 4.42 Å². The van der Waals surface area contributed by atoms with Gasteiger partial charge in [0.1, 0.15) is 11.2 Å². The smallest absolute Gasteiger partial charge is 0.164 e. The van der Waals surface area contributed by atoms with E-state index in [0.29, 0.717) is 17.5 Å². The molecule has 0 N–H and O–H groups in total. The number of thiophene rings is 1. The summed E-state index contributed by atoms with van der Waals surface area (Å²) >= 11 is 1.86. The van der Waals surface area contributed by atoms with Crippen molar-refractivity contribution >= 4 is 75.0 Å². The molecule has 0 bridgehead atoms. The van der Waals surface area contributed by atoms with E-state index in [0.717, 1.165) is 54.8 Å². The number of benzene rings is 8. The van der Waals surface area contributed by atoms with Crippen LogP contribution in [0, 0.1) is 0 Å². The van der Waals surface area contributed by atoms with Crippen LogP contribution < -0.4 is 0 Å². The summed E-state index contributed by atoms with van der Waals surface area (Å²) in [6, 6.07) is 57.4. The summed E-state index contributed by atoms with van der Waals surface area (Å²) in [4.78, 5) is 15.5. The van der Waals surface area contributed by atoms with Gasteiger partial charge in [-0.05, 0) is 52.1 Å². The lowest BCUT2D eigenvalue weighted by Crippen LogP contribution is -2.01. The van der Waals surface area contributed by atoms with Crippen molar-refractivity contribution in [1.82, 2.24) is 15.0 Å². The Hall–Kier alpha value is -6.69. The minimum absolute atomic E-state index is 0.596. The van der Waals surface area contributed by atoms with Gasteiger partial charge in [-0.3, -0.25) is 0 Å². The van der Waals surface area contributed by atoms with Crippen molar-refractivity contribution in [3.05, 3.63) is 164 Å². The predicted octanol–water partition coefficient (Wildman–Crippen LogP) is 13.1. The Morgan fingerprint density at radius 1 is 0.385 bits per heavy atom. The minimum atomic E-state index is 0.596. The van der Waals surface area contributed by atoms with Gasteiger partial charge in [-0.1, -0.05) is 133 Å². The molecule has 0 aliphatic carbocycles. The molecule has 0 amide bonds. The van der Waals surface area contributed by atoms with Gasteiger partial charge in [-0.15, -0.1) is 11.3 Å². The Morgan fingerprint density at radius 2 is 1.06 bits per heavy atom. The zero-order valence-corrected chi connectivity index (χ0v) is 28.6. The van der Waals surface area contributed by atoms with Gasteiger partial charge in [0.25, 0.3) is 0 Å². The Bertz CT molecular complexity index is 3200. The zero-order chi connectivity index (χ0) is 34.2. The molecule has 3 heterocycles. The molecule has 3 aromatic heterocycles. The van der Waals surface area contributed by atoms with Crippen LogP contribution in [0.3, 0.4) is 0 Å². The molecule has 0 spiro atoms. The van der Waals surface area contributed by atoms with Crippen LogP contribution in [-0.2, 0) is 0 Å². The van der Waals surface area contributed by atoms with Gasteiger partial charge in [-0.2, -0.15) is 0 Å². The lowest BCUT2D eigenvalue weighted by atomic mass is 9.90. The van der Waals surface area contributed by atoms with E-state index in [1.165, 1.54) is 36.7 Å². The van der Waals surface area contributed by atoms with Gasteiger partial charge in [0.05, 0.1) is 0 Å². The van der Waals surface area contributed by atoms with Crippen LogP contribution in [0.25, 0.3) is 109 Å². The predicted molar refractivity (Wildman–Crippen MR) is 217 cm³/mol. The Kier molecular flexibility index (Phi) is 6.39. The summed E-state index contributed by atoms with van der Waals surface area (Å²) in [5.41, 5.74) is 6.85. The molecule has 0 atom stereocenters. The van der Waals surface area contributed by atoms with E-state index in [2.05, 4.69) is 109 Å². The molecule has 11 rings (SSSR count). The standard InChI is InChI=1S/C47H27N3OS/c1-2-12-29(13-3-1)45-48-46(30-22-23-34-33-15-6-8-19-40(33)51-41(34)27-30)50-47(49-45)39-26-25-32(36-24-21-28-11-4-5-14-31(28)43(36)39)37-17-10-18-38-35-16-7-9-20-42(35)52-44(37)38/h1-27H. The van der Waals surface area contributed by atoms with Gasteiger partial charge in [0, 0.05) is 58.6 Å². The molecule has 11 aromatic rings. The Balaban J connectivity index is 1.18. The molecular formula is C47H27N3OS. The Morgan fingerprint density at radius 3 is 1.96 bits per heavy atom. The molecule has 0 aliphatic heterocycles. The molecule has 0 aliphatic rings. The monoisotopic (exact) mass is 681 g/mol. The molecule has 0 saturated carbocycles. The third-order valence-corrected chi connectivity index (χ3v) is 11.4. The molecule has 0 fully saturated rings. The maximum atomic E-state index is 6.28. The molecule has 0 unspecified atom stereocenters. The second kappa shape index (κ2) is 11.4. The van der Waals surface area contributed by atoms with Crippen LogP contribution in [0.5, 0.6) is 0 Å². The minimum Gasteiger partial charge on any atom is -0.456 e. The lowest BCUT2D eigenvalue weighted by molar-refractivity contribution is 0.669. The first-order chi connectivity index (χ1) is 25.8. The van der Waals surface area contributed by atoms with Crippen molar-refractivity contribution in [2.24, 2.45) is 0 Å². The summed E-state index contributed by atoms with van der Waals surface area (Å²) in [7, 11) is 0. The molecule has 8 aromatic carbocycles. The fraction of sp³-hybridized carbons (Fsp3) is 0. The normalized spacial score (nSPS) is 11.8. The third kappa shape index (κ3) is 4.50. The van der Waals surface area contributed by atoms with Crippen LogP contribution in [0.2, 0.25) is 0 Å². The third-order valence-electron chi connectivity index (χ3n) is 10.1. The van der Waals surface area contributed by atoms with Gasteiger partial charge in [-0.25, -0.2) is 15.0 Å². The maximum Gasteiger partial charge on any atom is 0.164 e. The van der Waals surface area contributed by atoms with Crippen LogP contribution in [-0.4, -0.2) is 15.0 Å². The highest BCUT2D eigenvalue weighted by Crippen LogP contribution is 2.45. The molecule has 0 saturated heterocycles. The van der Waals surface area contributed by atoms with Gasteiger partial charge >= 0.3 is 0 Å². The topological polar surface area (TPSA) is 51.8 Å². The second-order valence-electron chi connectivity index (χ2n) is 13.1. The van der Waals surface area contributed by atoms with Crippen molar-refractivity contribution in [2.45, 2.75) is 0 Å². The highest BCUT2D eigenvalue weighted by atomic mass is 32.1. The van der Waals surface area contributed by atoms with Crippen molar-refractivity contribution in [3.63, 3.8) is 0 Å². The molecule has 242 valence electrons. The number of rotatable bonds is 4. The summed E-state index contributed by atoms with van der Waals surface area (Å²) in [5, 5.41) is 9.35.